The highest BCUT2D eigenvalue weighted by Gasteiger charge is 2.31. The molecule has 1 heterocycles. The van der Waals surface area contributed by atoms with Crippen molar-refractivity contribution in [1.82, 2.24) is 5.32 Å². The van der Waals surface area contributed by atoms with Gasteiger partial charge in [0.15, 0.2) is 0 Å². The Bertz CT molecular complexity index is 324. The third kappa shape index (κ3) is 2.07. The van der Waals surface area contributed by atoms with Crippen molar-refractivity contribution in [1.29, 1.82) is 0 Å². The molecule has 1 atom stereocenters. The van der Waals surface area contributed by atoms with Crippen molar-refractivity contribution in [2.45, 2.75) is 45.1 Å². The Kier molecular flexibility index (Phi) is 3.11. The van der Waals surface area contributed by atoms with Crippen molar-refractivity contribution in [3.63, 3.8) is 0 Å². The number of nitrogens with one attached hydrogen (secondary N) is 1. The van der Waals surface area contributed by atoms with Crippen molar-refractivity contribution < 1.29 is 0 Å². The van der Waals surface area contributed by atoms with Crippen LogP contribution in [0.25, 0.3) is 0 Å². The van der Waals surface area contributed by atoms with E-state index in [9.17, 15) is 0 Å². The van der Waals surface area contributed by atoms with Gasteiger partial charge in [-0.2, -0.15) is 0 Å². The van der Waals surface area contributed by atoms with E-state index in [-0.39, 0.29) is 5.54 Å². The molecule has 82 valence electrons. The van der Waals surface area contributed by atoms with Gasteiger partial charge in [0.25, 0.3) is 0 Å². The molecule has 0 aliphatic carbocycles. The van der Waals surface area contributed by atoms with Crippen LogP contribution in [0.15, 0.2) is 24.3 Å². The zero-order valence-electron chi connectivity index (χ0n) is 9.84. The summed E-state index contributed by atoms with van der Waals surface area (Å²) in [6.07, 6.45) is 5.16. The highest BCUT2D eigenvalue weighted by Crippen LogP contribution is 2.33. The molecule has 0 bridgehead atoms. The molecule has 1 fully saturated rings. The zero-order valence-corrected chi connectivity index (χ0v) is 9.84. The Labute approximate surface area is 92.9 Å². The van der Waals surface area contributed by atoms with Gasteiger partial charge < -0.3 is 5.32 Å². The minimum Gasteiger partial charge on any atom is -0.307 e. The van der Waals surface area contributed by atoms with Crippen molar-refractivity contribution in [3.05, 3.63) is 35.4 Å². The van der Waals surface area contributed by atoms with Crippen LogP contribution in [0.2, 0.25) is 0 Å². The first kappa shape index (κ1) is 10.7. The SMILES string of the molecule is CCC1(c2cccc(C)c2)CCCCN1. The highest BCUT2D eigenvalue weighted by molar-refractivity contribution is 5.29. The molecular formula is C14H21N. The molecule has 1 N–H and O–H groups in total. The molecule has 0 radical (unpaired) electrons. The van der Waals surface area contributed by atoms with E-state index in [2.05, 4.69) is 43.4 Å². The molecule has 2 rings (SSSR count). The summed E-state index contributed by atoms with van der Waals surface area (Å²) in [6, 6.07) is 8.96. The Morgan fingerprint density at radius 3 is 2.80 bits per heavy atom. The lowest BCUT2D eigenvalue weighted by Crippen LogP contribution is -2.45. The molecule has 1 aromatic carbocycles. The number of hydrogen-bond donors (Lipinski definition) is 1. The molecule has 1 aliphatic heterocycles. The van der Waals surface area contributed by atoms with Crippen LogP contribution in [0.4, 0.5) is 0 Å². The van der Waals surface area contributed by atoms with Crippen LogP contribution in [0, 0.1) is 6.92 Å². The standard InChI is InChI=1S/C14H21N/c1-3-14(9-4-5-10-15-14)13-8-6-7-12(2)11-13/h6-8,11,15H,3-5,9-10H2,1-2H3. The second-order valence-corrected chi connectivity index (χ2v) is 4.69. The monoisotopic (exact) mass is 203 g/mol. The second kappa shape index (κ2) is 4.36. The Morgan fingerprint density at radius 2 is 2.20 bits per heavy atom. The molecule has 1 nitrogen and oxygen atoms in total. The molecular weight excluding hydrogens is 182 g/mol. The summed E-state index contributed by atoms with van der Waals surface area (Å²) in [6.45, 7) is 5.64. The second-order valence-electron chi connectivity index (χ2n) is 4.69. The van der Waals surface area contributed by atoms with Crippen LogP contribution in [0.3, 0.4) is 0 Å². The highest BCUT2D eigenvalue weighted by atomic mass is 15.0. The molecule has 1 aliphatic rings. The fourth-order valence-electron chi connectivity index (χ4n) is 2.66. The molecule has 0 amide bonds. The first-order chi connectivity index (χ1) is 7.27. The van der Waals surface area contributed by atoms with E-state index >= 15 is 0 Å². The van der Waals surface area contributed by atoms with Crippen molar-refractivity contribution >= 4 is 0 Å². The van der Waals surface area contributed by atoms with Gasteiger partial charge in [-0.3, -0.25) is 0 Å². The smallest absolute Gasteiger partial charge is 0.0432 e. The van der Waals surface area contributed by atoms with Crippen LogP contribution in [0.1, 0.15) is 43.7 Å². The van der Waals surface area contributed by atoms with Crippen molar-refractivity contribution in [2.75, 3.05) is 6.54 Å². The predicted molar refractivity (Wildman–Crippen MR) is 65.0 cm³/mol. The number of benzene rings is 1. The summed E-state index contributed by atoms with van der Waals surface area (Å²) in [5, 5.41) is 3.73. The fourth-order valence-corrected chi connectivity index (χ4v) is 2.66. The van der Waals surface area contributed by atoms with Crippen LogP contribution in [0.5, 0.6) is 0 Å². The number of aryl methyl sites for hydroxylation is 1. The van der Waals surface area contributed by atoms with Crippen molar-refractivity contribution in [3.8, 4) is 0 Å². The average molecular weight is 203 g/mol. The summed E-state index contributed by atoms with van der Waals surface area (Å²) in [5.74, 6) is 0. The van der Waals surface area contributed by atoms with Crippen LogP contribution < -0.4 is 5.32 Å². The molecule has 0 spiro atoms. The third-order valence-corrected chi connectivity index (χ3v) is 3.67. The molecule has 1 aromatic rings. The maximum Gasteiger partial charge on any atom is 0.0432 e. The Hall–Kier alpha value is -0.820. The molecule has 1 unspecified atom stereocenters. The van der Waals surface area contributed by atoms with E-state index < -0.39 is 0 Å². The lowest BCUT2D eigenvalue weighted by atomic mass is 9.80. The maximum absolute atomic E-state index is 3.73. The molecule has 15 heavy (non-hydrogen) atoms. The Morgan fingerprint density at radius 1 is 1.33 bits per heavy atom. The topological polar surface area (TPSA) is 12.0 Å². The summed E-state index contributed by atoms with van der Waals surface area (Å²) in [4.78, 5) is 0. The van der Waals surface area contributed by atoms with E-state index in [0.717, 1.165) is 0 Å². The predicted octanol–water partition coefficient (Wildman–Crippen LogP) is 3.37. The minimum atomic E-state index is 0.254. The van der Waals surface area contributed by atoms with Gasteiger partial charge in [0, 0.05) is 5.54 Å². The summed E-state index contributed by atoms with van der Waals surface area (Å²) in [5.41, 5.74) is 3.10. The maximum atomic E-state index is 3.73. The number of piperidine rings is 1. The van der Waals surface area contributed by atoms with Gasteiger partial charge in [-0.1, -0.05) is 43.2 Å². The van der Waals surface area contributed by atoms with Gasteiger partial charge in [0.1, 0.15) is 0 Å². The van der Waals surface area contributed by atoms with Crippen molar-refractivity contribution in [2.24, 2.45) is 0 Å². The molecule has 0 aromatic heterocycles. The van der Waals surface area contributed by atoms with Crippen LogP contribution >= 0.6 is 0 Å². The van der Waals surface area contributed by atoms with Gasteiger partial charge >= 0.3 is 0 Å². The van der Waals surface area contributed by atoms with Gasteiger partial charge in [-0.05, 0) is 38.3 Å². The summed E-state index contributed by atoms with van der Waals surface area (Å²) in [7, 11) is 0. The zero-order chi connectivity index (χ0) is 10.7. The first-order valence-corrected chi connectivity index (χ1v) is 6.09. The molecule has 0 saturated carbocycles. The van der Waals surface area contributed by atoms with E-state index in [1.54, 1.807) is 0 Å². The fraction of sp³-hybridized carbons (Fsp3) is 0.571. The molecule has 1 saturated heterocycles. The average Bonchev–Trinajstić information content (AvgIpc) is 2.30. The first-order valence-electron chi connectivity index (χ1n) is 6.09. The lowest BCUT2D eigenvalue weighted by molar-refractivity contribution is 0.248. The summed E-state index contributed by atoms with van der Waals surface area (Å²) < 4.78 is 0. The van der Waals surface area contributed by atoms with Crippen LogP contribution in [-0.2, 0) is 5.54 Å². The quantitative estimate of drug-likeness (QED) is 0.777. The Balaban J connectivity index is 2.32. The third-order valence-electron chi connectivity index (χ3n) is 3.67. The van der Waals surface area contributed by atoms with Gasteiger partial charge in [-0.25, -0.2) is 0 Å². The molecule has 1 heteroatoms. The normalized spacial score (nSPS) is 26.5. The lowest BCUT2D eigenvalue weighted by Gasteiger charge is -2.38. The van der Waals surface area contributed by atoms with E-state index in [4.69, 9.17) is 0 Å². The van der Waals surface area contributed by atoms with E-state index in [0.29, 0.717) is 0 Å². The van der Waals surface area contributed by atoms with Gasteiger partial charge in [0.2, 0.25) is 0 Å². The largest absolute Gasteiger partial charge is 0.307 e. The minimum absolute atomic E-state index is 0.254. The van der Waals surface area contributed by atoms with E-state index in [1.165, 1.54) is 43.4 Å². The van der Waals surface area contributed by atoms with Gasteiger partial charge in [0.05, 0.1) is 0 Å². The summed E-state index contributed by atoms with van der Waals surface area (Å²) >= 11 is 0. The van der Waals surface area contributed by atoms with Crippen LogP contribution in [-0.4, -0.2) is 6.54 Å². The number of rotatable bonds is 2. The van der Waals surface area contributed by atoms with E-state index in [1.807, 2.05) is 0 Å². The van der Waals surface area contributed by atoms with Gasteiger partial charge in [-0.15, -0.1) is 0 Å². The number of hydrogen-bond acceptors (Lipinski definition) is 1.